The van der Waals surface area contributed by atoms with Gasteiger partial charge in [-0.15, -0.1) is 0 Å². The summed E-state index contributed by atoms with van der Waals surface area (Å²) in [4.78, 5) is 1.69. The molecule has 0 unspecified atom stereocenters. The molecule has 0 radical (unpaired) electrons. The first-order valence-electron chi connectivity index (χ1n) is 8.68. The summed E-state index contributed by atoms with van der Waals surface area (Å²) < 4.78 is 13.0. The highest BCUT2D eigenvalue weighted by Crippen LogP contribution is 2.10. The largest absolute Gasteiger partial charge is 0.337 e. The number of likely N-dealkylation sites (tertiary alicyclic amines) is 1. The average Bonchev–Trinajstić information content (AvgIpc) is 2.58. The zero-order chi connectivity index (χ0) is 16.1. The molecule has 2 nitrogen and oxygen atoms in total. The number of halogens is 1. The molecule has 3 rings (SSSR count). The van der Waals surface area contributed by atoms with Gasteiger partial charge in [0.2, 0.25) is 0 Å². The molecule has 0 saturated carbocycles. The van der Waals surface area contributed by atoms with Gasteiger partial charge in [0.15, 0.2) is 0 Å². The van der Waals surface area contributed by atoms with Crippen molar-refractivity contribution in [2.24, 2.45) is 0 Å². The minimum absolute atomic E-state index is 0.154. The molecule has 0 bridgehead atoms. The molecular weight excluding hydrogens is 287 g/mol. The standard InChI is InChI=1S/C20H25FN2/c1-16(18-7-9-19(21)10-8-18)22-20-11-13-23(14-12-20)15-17-5-3-2-4-6-17/h2-10,16,20,22H,11-15H2,1H3/p+2/t16-/m0/s1. The number of piperidine rings is 1. The van der Waals surface area contributed by atoms with Crippen molar-refractivity contribution in [3.8, 4) is 0 Å². The van der Waals surface area contributed by atoms with E-state index < -0.39 is 0 Å². The lowest BCUT2D eigenvalue weighted by Crippen LogP contribution is -3.13. The molecule has 122 valence electrons. The Bertz CT molecular complexity index is 589. The zero-order valence-electron chi connectivity index (χ0n) is 13.8. The summed E-state index contributed by atoms with van der Waals surface area (Å²) in [5, 5.41) is 2.46. The van der Waals surface area contributed by atoms with E-state index in [0.29, 0.717) is 12.1 Å². The van der Waals surface area contributed by atoms with Crippen LogP contribution in [0.4, 0.5) is 4.39 Å². The number of quaternary nitrogens is 2. The molecule has 1 fully saturated rings. The fourth-order valence-electron chi connectivity index (χ4n) is 3.59. The minimum Gasteiger partial charge on any atom is -0.337 e. The van der Waals surface area contributed by atoms with Gasteiger partial charge in [-0.05, 0) is 19.1 Å². The highest BCUT2D eigenvalue weighted by atomic mass is 19.1. The van der Waals surface area contributed by atoms with Crippen LogP contribution in [0.3, 0.4) is 0 Å². The summed E-state index contributed by atoms with van der Waals surface area (Å²) in [5.41, 5.74) is 2.65. The second-order valence-corrected chi connectivity index (χ2v) is 6.78. The van der Waals surface area contributed by atoms with Crippen LogP contribution in [0.2, 0.25) is 0 Å². The lowest BCUT2D eigenvalue weighted by atomic mass is 10.0. The van der Waals surface area contributed by atoms with Crippen LogP contribution in [-0.4, -0.2) is 19.1 Å². The van der Waals surface area contributed by atoms with E-state index in [0.717, 1.165) is 6.54 Å². The Morgan fingerprint density at radius 2 is 1.70 bits per heavy atom. The van der Waals surface area contributed by atoms with Crippen LogP contribution in [0.15, 0.2) is 54.6 Å². The van der Waals surface area contributed by atoms with Crippen LogP contribution in [0.5, 0.6) is 0 Å². The number of nitrogens with one attached hydrogen (secondary N) is 1. The minimum atomic E-state index is -0.154. The first-order chi connectivity index (χ1) is 11.2. The fraction of sp³-hybridized carbons (Fsp3) is 0.400. The number of hydrogen-bond donors (Lipinski definition) is 2. The second kappa shape index (κ2) is 7.71. The Hall–Kier alpha value is -1.71. The third-order valence-electron chi connectivity index (χ3n) is 4.99. The van der Waals surface area contributed by atoms with E-state index in [-0.39, 0.29) is 5.82 Å². The smallest absolute Gasteiger partial charge is 0.123 e. The van der Waals surface area contributed by atoms with Crippen molar-refractivity contribution in [1.29, 1.82) is 0 Å². The molecule has 1 heterocycles. The van der Waals surface area contributed by atoms with Crippen LogP contribution < -0.4 is 10.2 Å². The number of nitrogens with two attached hydrogens (primary N) is 1. The van der Waals surface area contributed by atoms with Gasteiger partial charge in [-0.2, -0.15) is 0 Å². The van der Waals surface area contributed by atoms with Crippen molar-refractivity contribution < 1.29 is 14.6 Å². The Morgan fingerprint density at radius 3 is 2.35 bits per heavy atom. The predicted molar refractivity (Wildman–Crippen MR) is 90.6 cm³/mol. The molecule has 1 saturated heterocycles. The molecule has 23 heavy (non-hydrogen) atoms. The molecule has 1 aliphatic heterocycles. The molecule has 0 spiro atoms. The maximum atomic E-state index is 13.0. The Morgan fingerprint density at radius 1 is 1.04 bits per heavy atom. The van der Waals surface area contributed by atoms with Gasteiger partial charge >= 0.3 is 0 Å². The summed E-state index contributed by atoms with van der Waals surface area (Å²) in [6.07, 6.45) is 2.52. The number of hydrogen-bond acceptors (Lipinski definition) is 0. The molecule has 0 amide bonds. The van der Waals surface area contributed by atoms with Gasteiger partial charge in [0.1, 0.15) is 18.4 Å². The number of benzene rings is 2. The quantitative estimate of drug-likeness (QED) is 0.838. The molecule has 3 N–H and O–H groups in total. The van der Waals surface area contributed by atoms with E-state index >= 15 is 0 Å². The summed E-state index contributed by atoms with van der Waals surface area (Å²) in [7, 11) is 0. The average molecular weight is 314 g/mol. The predicted octanol–water partition coefficient (Wildman–Crippen LogP) is 1.70. The topological polar surface area (TPSA) is 21.1 Å². The van der Waals surface area contributed by atoms with Gasteiger partial charge in [0.05, 0.1) is 19.1 Å². The van der Waals surface area contributed by atoms with E-state index in [1.54, 1.807) is 17.0 Å². The summed E-state index contributed by atoms with van der Waals surface area (Å²) in [6, 6.07) is 18.8. The summed E-state index contributed by atoms with van der Waals surface area (Å²) in [6.45, 7) is 5.84. The number of rotatable bonds is 5. The SMILES string of the molecule is C[C@H]([NH2+]C1CC[NH+](Cc2ccccc2)CC1)c1ccc(F)cc1. The molecule has 0 aliphatic carbocycles. The first-order valence-corrected chi connectivity index (χ1v) is 8.68. The van der Waals surface area contributed by atoms with Crippen LogP contribution in [-0.2, 0) is 6.54 Å². The summed E-state index contributed by atoms with van der Waals surface area (Å²) in [5.74, 6) is -0.154. The zero-order valence-corrected chi connectivity index (χ0v) is 13.8. The normalized spacial score (nSPS) is 22.7. The van der Waals surface area contributed by atoms with Crippen molar-refractivity contribution in [3.05, 3.63) is 71.5 Å². The highest BCUT2D eigenvalue weighted by molar-refractivity contribution is 5.17. The molecule has 2 aromatic carbocycles. The second-order valence-electron chi connectivity index (χ2n) is 6.78. The third-order valence-corrected chi connectivity index (χ3v) is 4.99. The van der Waals surface area contributed by atoms with Crippen molar-refractivity contribution in [2.75, 3.05) is 13.1 Å². The van der Waals surface area contributed by atoms with Crippen LogP contribution in [0, 0.1) is 5.82 Å². The third kappa shape index (κ3) is 4.63. The van der Waals surface area contributed by atoms with E-state index in [9.17, 15) is 4.39 Å². The van der Waals surface area contributed by atoms with Crippen molar-refractivity contribution in [1.82, 2.24) is 0 Å². The van der Waals surface area contributed by atoms with E-state index in [2.05, 4.69) is 42.6 Å². The molecular formula is C20H27FN2+2. The Labute approximate surface area is 138 Å². The molecule has 2 aromatic rings. The molecule has 1 aliphatic rings. The van der Waals surface area contributed by atoms with E-state index in [4.69, 9.17) is 0 Å². The van der Waals surface area contributed by atoms with Crippen molar-refractivity contribution in [2.45, 2.75) is 38.4 Å². The monoisotopic (exact) mass is 314 g/mol. The molecule has 0 aromatic heterocycles. The molecule has 3 heteroatoms. The van der Waals surface area contributed by atoms with Gasteiger partial charge < -0.3 is 10.2 Å². The maximum Gasteiger partial charge on any atom is 0.123 e. The van der Waals surface area contributed by atoms with Gasteiger partial charge in [-0.1, -0.05) is 42.5 Å². The maximum absolute atomic E-state index is 13.0. The van der Waals surface area contributed by atoms with Crippen LogP contribution in [0.1, 0.15) is 36.9 Å². The van der Waals surface area contributed by atoms with Crippen LogP contribution in [0.25, 0.3) is 0 Å². The van der Waals surface area contributed by atoms with Crippen molar-refractivity contribution >= 4 is 0 Å². The van der Waals surface area contributed by atoms with Gasteiger partial charge in [0, 0.05) is 24.0 Å². The first kappa shape index (κ1) is 16.2. The summed E-state index contributed by atoms with van der Waals surface area (Å²) >= 11 is 0. The highest BCUT2D eigenvalue weighted by Gasteiger charge is 2.26. The molecule has 1 atom stereocenters. The van der Waals surface area contributed by atoms with Crippen molar-refractivity contribution in [3.63, 3.8) is 0 Å². The lowest BCUT2D eigenvalue weighted by Gasteiger charge is -2.29. The van der Waals surface area contributed by atoms with E-state index in [1.807, 2.05) is 12.1 Å². The van der Waals surface area contributed by atoms with Gasteiger partial charge in [-0.25, -0.2) is 4.39 Å². The van der Waals surface area contributed by atoms with Gasteiger partial charge in [0.25, 0.3) is 0 Å². The van der Waals surface area contributed by atoms with E-state index in [1.165, 1.54) is 37.1 Å². The van der Waals surface area contributed by atoms with Crippen LogP contribution >= 0.6 is 0 Å². The fourth-order valence-corrected chi connectivity index (χ4v) is 3.59. The Balaban J connectivity index is 1.46. The van der Waals surface area contributed by atoms with Gasteiger partial charge in [-0.3, -0.25) is 0 Å². The lowest BCUT2D eigenvalue weighted by molar-refractivity contribution is -0.927. The Kier molecular flexibility index (Phi) is 5.42.